The Balaban J connectivity index is 1.84. The summed E-state index contributed by atoms with van der Waals surface area (Å²) in [6.07, 6.45) is 2.55. The van der Waals surface area contributed by atoms with Crippen LogP contribution >= 0.6 is 23.2 Å². The zero-order chi connectivity index (χ0) is 13.7. The highest BCUT2D eigenvalue weighted by atomic mass is 35.5. The van der Waals surface area contributed by atoms with E-state index < -0.39 is 0 Å². The highest BCUT2D eigenvalue weighted by molar-refractivity contribution is 6.30. The molecule has 0 bridgehead atoms. The number of halogens is 2. The average molecular weight is 295 g/mol. The third kappa shape index (κ3) is 4.54. The lowest BCUT2D eigenvalue weighted by atomic mass is 10.1. The first-order chi connectivity index (χ1) is 9.13. The maximum atomic E-state index is 11.7. The van der Waals surface area contributed by atoms with Crippen LogP contribution in [0, 0.1) is 0 Å². The van der Waals surface area contributed by atoms with Gasteiger partial charge in [-0.1, -0.05) is 35.3 Å². The molecule has 0 aliphatic heterocycles. The summed E-state index contributed by atoms with van der Waals surface area (Å²) < 4.78 is 0. The van der Waals surface area contributed by atoms with E-state index in [1.165, 1.54) is 6.20 Å². The Bertz CT molecular complexity index is 553. The minimum atomic E-state index is -0.0789. The Hall–Kier alpha value is -1.58. The quantitative estimate of drug-likeness (QED) is 0.927. The molecule has 19 heavy (non-hydrogen) atoms. The van der Waals surface area contributed by atoms with E-state index in [0.29, 0.717) is 28.7 Å². The second-order valence-electron chi connectivity index (χ2n) is 4.04. The predicted octanol–water partition coefficient (Wildman–Crippen LogP) is 3.96. The molecule has 1 aromatic heterocycles. The number of aryl methyl sites for hydroxylation is 1. The average Bonchev–Trinajstić information content (AvgIpc) is 2.41. The maximum absolute atomic E-state index is 11.7. The molecule has 0 atom stereocenters. The summed E-state index contributed by atoms with van der Waals surface area (Å²) in [6, 6.07) is 10.8. The third-order valence-corrected chi connectivity index (χ3v) is 3.02. The summed E-state index contributed by atoms with van der Waals surface area (Å²) in [5, 5.41) is 3.95. The van der Waals surface area contributed by atoms with Crippen LogP contribution in [0.25, 0.3) is 0 Å². The van der Waals surface area contributed by atoms with Gasteiger partial charge in [0.25, 0.3) is 0 Å². The van der Waals surface area contributed by atoms with E-state index >= 15 is 0 Å². The second kappa shape index (κ2) is 6.55. The molecule has 0 aliphatic rings. The molecule has 0 unspecified atom stereocenters. The Morgan fingerprint density at radius 1 is 1.05 bits per heavy atom. The lowest BCUT2D eigenvalue weighted by Crippen LogP contribution is -2.13. The van der Waals surface area contributed by atoms with Gasteiger partial charge in [0.2, 0.25) is 5.91 Å². The van der Waals surface area contributed by atoms with E-state index in [2.05, 4.69) is 10.3 Å². The number of carbonyl (C=O) groups excluding carboxylic acids is 1. The van der Waals surface area contributed by atoms with Gasteiger partial charge in [-0.15, -0.1) is 0 Å². The Labute approximate surface area is 121 Å². The molecule has 2 rings (SSSR count). The zero-order valence-corrected chi connectivity index (χ0v) is 11.6. The standard InChI is InChI=1S/C14H12Cl2N2O/c15-11-4-1-10(2-5-11)3-8-14(19)18-13-7-6-12(16)9-17-13/h1-2,4-7,9H,3,8H2,(H,17,18,19). The molecule has 1 aromatic carbocycles. The summed E-state index contributed by atoms with van der Waals surface area (Å²) >= 11 is 11.5. The van der Waals surface area contributed by atoms with Crippen molar-refractivity contribution in [1.29, 1.82) is 0 Å². The first-order valence-electron chi connectivity index (χ1n) is 5.79. The summed E-state index contributed by atoms with van der Waals surface area (Å²) in [7, 11) is 0. The fraction of sp³-hybridized carbons (Fsp3) is 0.143. The number of benzene rings is 1. The number of aromatic nitrogens is 1. The van der Waals surface area contributed by atoms with E-state index in [1.54, 1.807) is 12.1 Å². The molecule has 1 heterocycles. The zero-order valence-electron chi connectivity index (χ0n) is 10.1. The molecule has 0 aliphatic carbocycles. The first-order valence-corrected chi connectivity index (χ1v) is 6.55. The van der Waals surface area contributed by atoms with Crippen molar-refractivity contribution in [2.45, 2.75) is 12.8 Å². The van der Waals surface area contributed by atoms with Crippen molar-refractivity contribution in [2.75, 3.05) is 5.32 Å². The lowest BCUT2D eigenvalue weighted by molar-refractivity contribution is -0.116. The molecule has 2 aromatic rings. The number of carbonyl (C=O) groups is 1. The van der Waals surface area contributed by atoms with Gasteiger partial charge in [-0.2, -0.15) is 0 Å². The first kappa shape index (κ1) is 13.8. The van der Waals surface area contributed by atoms with Crippen molar-refractivity contribution in [3.8, 4) is 0 Å². The number of anilines is 1. The van der Waals surface area contributed by atoms with Crippen LogP contribution < -0.4 is 5.32 Å². The van der Waals surface area contributed by atoms with Crippen molar-refractivity contribution in [3.05, 3.63) is 58.2 Å². The van der Waals surface area contributed by atoms with Crippen LogP contribution in [0.4, 0.5) is 5.82 Å². The van der Waals surface area contributed by atoms with Crippen LogP contribution in [-0.2, 0) is 11.2 Å². The van der Waals surface area contributed by atoms with Gasteiger partial charge in [0, 0.05) is 17.6 Å². The second-order valence-corrected chi connectivity index (χ2v) is 4.91. The Morgan fingerprint density at radius 2 is 1.74 bits per heavy atom. The van der Waals surface area contributed by atoms with E-state index in [1.807, 2.05) is 24.3 Å². The fourth-order valence-electron chi connectivity index (χ4n) is 1.56. The molecule has 5 heteroatoms. The predicted molar refractivity (Wildman–Crippen MR) is 77.6 cm³/mol. The van der Waals surface area contributed by atoms with Crippen LogP contribution in [0.3, 0.4) is 0 Å². The van der Waals surface area contributed by atoms with Crippen molar-refractivity contribution in [2.24, 2.45) is 0 Å². The molecule has 1 N–H and O–H groups in total. The molecule has 0 saturated heterocycles. The molecule has 3 nitrogen and oxygen atoms in total. The van der Waals surface area contributed by atoms with Crippen LogP contribution in [0.15, 0.2) is 42.6 Å². The minimum absolute atomic E-state index is 0.0789. The monoisotopic (exact) mass is 294 g/mol. The van der Waals surface area contributed by atoms with Crippen molar-refractivity contribution in [3.63, 3.8) is 0 Å². The molecule has 1 amide bonds. The lowest BCUT2D eigenvalue weighted by Gasteiger charge is -2.04. The van der Waals surface area contributed by atoms with Gasteiger partial charge in [0.1, 0.15) is 5.82 Å². The highest BCUT2D eigenvalue weighted by Gasteiger charge is 2.04. The van der Waals surface area contributed by atoms with E-state index in [4.69, 9.17) is 23.2 Å². The van der Waals surface area contributed by atoms with Crippen molar-refractivity contribution >= 4 is 34.9 Å². The van der Waals surface area contributed by atoms with Crippen molar-refractivity contribution in [1.82, 2.24) is 4.98 Å². The van der Waals surface area contributed by atoms with Crippen LogP contribution in [0.5, 0.6) is 0 Å². The van der Waals surface area contributed by atoms with E-state index in [-0.39, 0.29) is 5.91 Å². The molecule has 0 saturated carbocycles. The van der Waals surface area contributed by atoms with Gasteiger partial charge in [-0.3, -0.25) is 4.79 Å². The third-order valence-electron chi connectivity index (χ3n) is 2.55. The van der Waals surface area contributed by atoms with Gasteiger partial charge in [-0.05, 0) is 36.2 Å². The molecule has 0 fully saturated rings. The molecule has 0 radical (unpaired) electrons. The number of pyridine rings is 1. The van der Waals surface area contributed by atoms with Gasteiger partial charge in [0.15, 0.2) is 0 Å². The smallest absolute Gasteiger partial charge is 0.225 e. The summed E-state index contributed by atoms with van der Waals surface area (Å²) in [5.41, 5.74) is 1.07. The number of hydrogen-bond donors (Lipinski definition) is 1. The number of amides is 1. The molecular weight excluding hydrogens is 283 g/mol. The molecule has 98 valence electrons. The van der Waals surface area contributed by atoms with Crippen LogP contribution in [0.2, 0.25) is 10.0 Å². The summed E-state index contributed by atoms with van der Waals surface area (Å²) in [5.74, 6) is 0.426. The molecule has 0 spiro atoms. The maximum Gasteiger partial charge on any atom is 0.225 e. The SMILES string of the molecule is O=C(CCc1ccc(Cl)cc1)Nc1ccc(Cl)cn1. The summed E-state index contributed by atoms with van der Waals surface area (Å²) in [6.45, 7) is 0. The van der Waals surface area contributed by atoms with E-state index in [9.17, 15) is 4.79 Å². The van der Waals surface area contributed by atoms with Gasteiger partial charge < -0.3 is 5.32 Å². The van der Waals surface area contributed by atoms with Gasteiger partial charge >= 0.3 is 0 Å². The number of hydrogen-bond acceptors (Lipinski definition) is 2. The topological polar surface area (TPSA) is 42.0 Å². The fourth-order valence-corrected chi connectivity index (χ4v) is 1.80. The van der Waals surface area contributed by atoms with Gasteiger partial charge in [-0.25, -0.2) is 4.98 Å². The van der Waals surface area contributed by atoms with Crippen molar-refractivity contribution < 1.29 is 4.79 Å². The Morgan fingerprint density at radius 3 is 2.37 bits per heavy atom. The Kier molecular flexibility index (Phi) is 4.77. The minimum Gasteiger partial charge on any atom is -0.311 e. The van der Waals surface area contributed by atoms with Crippen LogP contribution in [0.1, 0.15) is 12.0 Å². The molecular formula is C14H12Cl2N2O. The van der Waals surface area contributed by atoms with Gasteiger partial charge in [0.05, 0.1) is 5.02 Å². The van der Waals surface area contributed by atoms with E-state index in [0.717, 1.165) is 5.56 Å². The highest BCUT2D eigenvalue weighted by Crippen LogP contribution is 2.12. The largest absolute Gasteiger partial charge is 0.311 e. The number of nitrogens with one attached hydrogen (secondary N) is 1. The van der Waals surface area contributed by atoms with Crippen LogP contribution in [-0.4, -0.2) is 10.9 Å². The normalized spacial score (nSPS) is 10.2. The summed E-state index contributed by atoms with van der Waals surface area (Å²) in [4.78, 5) is 15.7. The number of nitrogens with zero attached hydrogens (tertiary/aromatic N) is 1. The number of rotatable bonds is 4.